The molecule has 14 heavy (non-hydrogen) atoms. The molecule has 2 aromatic heterocycles. The minimum atomic E-state index is 0.788. The minimum Gasteiger partial charge on any atom is -0.313 e. The summed E-state index contributed by atoms with van der Waals surface area (Å²) in [5, 5.41) is 3.11. The van der Waals surface area contributed by atoms with E-state index in [1.807, 2.05) is 26.2 Å². The summed E-state index contributed by atoms with van der Waals surface area (Å²) in [5.41, 5.74) is 2.22. The van der Waals surface area contributed by atoms with Gasteiger partial charge >= 0.3 is 0 Å². The van der Waals surface area contributed by atoms with Gasteiger partial charge in [-0.2, -0.15) is 0 Å². The first-order valence-corrected chi connectivity index (χ1v) is 5.29. The van der Waals surface area contributed by atoms with Gasteiger partial charge in [-0.25, -0.2) is 4.98 Å². The van der Waals surface area contributed by atoms with Crippen molar-refractivity contribution in [2.24, 2.45) is 0 Å². The van der Waals surface area contributed by atoms with Gasteiger partial charge in [-0.15, -0.1) is 0 Å². The summed E-state index contributed by atoms with van der Waals surface area (Å²) in [6.07, 6.45) is 2.03. The summed E-state index contributed by atoms with van der Waals surface area (Å²) in [7, 11) is 1.93. The van der Waals surface area contributed by atoms with Crippen LogP contribution in [0.25, 0.3) is 5.52 Å². The predicted octanol–water partition coefficient (Wildman–Crippen LogP) is 2.12. The first kappa shape index (κ1) is 9.68. The topological polar surface area (TPSA) is 29.3 Å². The first-order valence-electron chi connectivity index (χ1n) is 4.50. The number of rotatable bonds is 2. The normalized spacial score (nSPS) is 11.1. The number of imidazole rings is 1. The van der Waals surface area contributed by atoms with Crippen LogP contribution in [0, 0.1) is 6.92 Å². The number of hydrogen-bond acceptors (Lipinski definition) is 2. The van der Waals surface area contributed by atoms with Crippen LogP contribution in [0.2, 0.25) is 0 Å². The molecule has 0 fully saturated rings. The van der Waals surface area contributed by atoms with Gasteiger partial charge in [0.15, 0.2) is 0 Å². The zero-order chi connectivity index (χ0) is 10.1. The van der Waals surface area contributed by atoms with Crippen LogP contribution < -0.4 is 5.32 Å². The third kappa shape index (κ3) is 1.55. The molecule has 0 amide bonds. The maximum atomic E-state index is 4.50. The molecule has 0 aliphatic carbocycles. The van der Waals surface area contributed by atoms with E-state index in [2.05, 4.69) is 36.7 Å². The lowest BCUT2D eigenvalue weighted by molar-refractivity contribution is 0.754. The van der Waals surface area contributed by atoms with Crippen LogP contribution in [-0.2, 0) is 6.54 Å². The maximum absolute atomic E-state index is 4.50. The smallest absolute Gasteiger partial charge is 0.127 e. The van der Waals surface area contributed by atoms with Crippen molar-refractivity contribution < 1.29 is 0 Å². The number of nitrogens with zero attached hydrogens (tertiary/aromatic N) is 2. The predicted molar refractivity (Wildman–Crippen MR) is 60.4 cm³/mol. The van der Waals surface area contributed by atoms with E-state index < -0.39 is 0 Å². The molecule has 0 spiro atoms. The van der Waals surface area contributed by atoms with E-state index in [0.717, 1.165) is 28.1 Å². The lowest BCUT2D eigenvalue weighted by Gasteiger charge is -2.00. The number of aromatic nitrogens is 2. The number of hydrogen-bond donors (Lipinski definition) is 1. The van der Waals surface area contributed by atoms with Gasteiger partial charge in [0, 0.05) is 10.7 Å². The van der Waals surface area contributed by atoms with Crippen molar-refractivity contribution in [3.8, 4) is 0 Å². The van der Waals surface area contributed by atoms with Crippen LogP contribution in [-0.4, -0.2) is 16.4 Å². The van der Waals surface area contributed by atoms with Crippen LogP contribution in [0.1, 0.15) is 11.5 Å². The van der Waals surface area contributed by atoms with Gasteiger partial charge in [-0.3, -0.25) is 0 Å². The van der Waals surface area contributed by atoms with Crippen LogP contribution in [0.5, 0.6) is 0 Å². The zero-order valence-electron chi connectivity index (χ0n) is 8.21. The molecule has 1 N–H and O–H groups in total. The van der Waals surface area contributed by atoms with Crippen molar-refractivity contribution in [1.29, 1.82) is 0 Å². The molecule has 0 atom stereocenters. The summed E-state index contributed by atoms with van der Waals surface area (Å²) >= 11 is 3.46. The molecule has 0 aliphatic rings. The highest BCUT2D eigenvalue weighted by Crippen LogP contribution is 2.17. The van der Waals surface area contributed by atoms with E-state index in [9.17, 15) is 0 Å². The van der Waals surface area contributed by atoms with E-state index in [0.29, 0.717) is 0 Å². The van der Waals surface area contributed by atoms with Gasteiger partial charge in [-0.05, 0) is 26.1 Å². The third-order valence-corrected chi connectivity index (χ3v) is 2.69. The second-order valence-electron chi connectivity index (χ2n) is 3.24. The van der Waals surface area contributed by atoms with Crippen molar-refractivity contribution in [3.05, 3.63) is 34.3 Å². The summed E-state index contributed by atoms with van der Waals surface area (Å²) in [4.78, 5) is 4.50. The summed E-state index contributed by atoms with van der Waals surface area (Å²) in [6, 6.07) is 4.11. The van der Waals surface area contributed by atoms with Crippen LogP contribution >= 0.6 is 15.9 Å². The fourth-order valence-electron chi connectivity index (χ4n) is 1.57. The van der Waals surface area contributed by atoms with Gasteiger partial charge in [-0.1, -0.05) is 15.9 Å². The number of halogens is 1. The van der Waals surface area contributed by atoms with E-state index in [4.69, 9.17) is 0 Å². The fraction of sp³-hybridized carbons (Fsp3) is 0.300. The summed E-state index contributed by atoms with van der Waals surface area (Å²) < 4.78 is 3.19. The Morgan fingerprint density at radius 2 is 2.36 bits per heavy atom. The molecule has 0 saturated heterocycles. The van der Waals surface area contributed by atoms with Gasteiger partial charge in [0.1, 0.15) is 5.82 Å². The van der Waals surface area contributed by atoms with Crippen molar-refractivity contribution in [2.75, 3.05) is 7.05 Å². The molecule has 0 unspecified atom stereocenters. The Balaban J connectivity index is 2.65. The summed E-state index contributed by atoms with van der Waals surface area (Å²) in [6.45, 7) is 2.82. The molecule has 0 radical (unpaired) electrons. The number of pyridine rings is 1. The second kappa shape index (κ2) is 3.71. The molecule has 0 aliphatic heterocycles. The van der Waals surface area contributed by atoms with E-state index >= 15 is 0 Å². The Bertz CT molecular complexity index is 462. The Hall–Kier alpha value is -0.870. The van der Waals surface area contributed by atoms with Crippen molar-refractivity contribution in [3.63, 3.8) is 0 Å². The molecular formula is C10H12BrN3. The van der Waals surface area contributed by atoms with Crippen LogP contribution in [0.4, 0.5) is 0 Å². The molecule has 2 rings (SSSR count). The van der Waals surface area contributed by atoms with Crippen molar-refractivity contribution in [2.45, 2.75) is 13.5 Å². The molecule has 3 nitrogen and oxygen atoms in total. The average Bonchev–Trinajstić information content (AvgIpc) is 2.44. The highest BCUT2D eigenvalue weighted by molar-refractivity contribution is 9.10. The van der Waals surface area contributed by atoms with E-state index in [-0.39, 0.29) is 0 Å². The Morgan fingerprint density at radius 3 is 3.07 bits per heavy atom. The Labute approximate surface area is 91.3 Å². The second-order valence-corrected chi connectivity index (χ2v) is 4.16. The van der Waals surface area contributed by atoms with Gasteiger partial charge in [0.25, 0.3) is 0 Å². The average molecular weight is 254 g/mol. The fourth-order valence-corrected chi connectivity index (χ4v) is 1.90. The van der Waals surface area contributed by atoms with Gasteiger partial charge < -0.3 is 9.72 Å². The van der Waals surface area contributed by atoms with E-state index in [1.165, 1.54) is 0 Å². The maximum Gasteiger partial charge on any atom is 0.127 e. The third-order valence-electron chi connectivity index (χ3n) is 2.20. The molecule has 0 aromatic carbocycles. The number of aryl methyl sites for hydroxylation is 1. The minimum absolute atomic E-state index is 0.788. The van der Waals surface area contributed by atoms with Crippen LogP contribution in [0.15, 0.2) is 22.8 Å². The van der Waals surface area contributed by atoms with Gasteiger partial charge in [0.2, 0.25) is 0 Å². The van der Waals surface area contributed by atoms with Crippen molar-refractivity contribution >= 4 is 21.4 Å². The van der Waals surface area contributed by atoms with Gasteiger partial charge in [0.05, 0.1) is 17.8 Å². The lowest BCUT2D eigenvalue weighted by Crippen LogP contribution is -2.08. The SMILES string of the molecule is CNCc1nc(C)c2cc(Br)ccn12. The quantitative estimate of drug-likeness (QED) is 0.889. The van der Waals surface area contributed by atoms with Crippen LogP contribution in [0.3, 0.4) is 0 Å². The lowest BCUT2D eigenvalue weighted by atomic mass is 10.3. The molecular weight excluding hydrogens is 242 g/mol. The highest BCUT2D eigenvalue weighted by Gasteiger charge is 2.06. The summed E-state index contributed by atoms with van der Waals surface area (Å²) in [5.74, 6) is 1.05. The standard InChI is InChI=1S/C10H12BrN3/c1-7-9-5-8(11)3-4-14(9)10(13-7)6-12-2/h3-5,12H,6H2,1-2H3. The molecule has 2 aromatic rings. The molecule has 74 valence electrons. The highest BCUT2D eigenvalue weighted by atomic mass is 79.9. The molecule has 4 heteroatoms. The molecule has 0 saturated carbocycles. The Kier molecular flexibility index (Phi) is 2.56. The zero-order valence-corrected chi connectivity index (χ0v) is 9.80. The molecule has 2 heterocycles. The largest absolute Gasteiger partial charge is 0.313 e. The molecule has 0 bridgehead atoms. The van der Waals surface area contributed by atoms with Crippen molar-refractivity contribution in [1.82, 2.24) is 14.7 Å². The number of fused-ring (bicyclic) bond motifs is 1. The van der Waals surface area contributed by atoms with E-state index in [1.54, 1.807) is 0 Å². The monoisotopic (exact) mass is 253 g/mol. The number of nitrogens with one attached hydrogen (secondary N) is 1. The Morgan fingerprint density at radius 1 is 1.57 bits per heavy atom. The first-order chi connectivity index (χ1) is 6.72.